The summed E-state index contributed by atoms with van der Waals surface area (Å²) in [6.07, 6.45) is 0. The number of nitrogens with one attached hydrogen (secondary N) is 1. The number of thiophene rings is 1. The van der Waals surface area contributed by atoms with Gasteiger partial charge in [-0.05, 0) is 47.5 Å². The predicted octanol–water partition coefficient (Wildman–Crippen LogP) is 4.27. The summed E-state index contributed by atoms with van der Waals surface area (Å²) in [5.74, 6) is -1.02. The first-order valence-corrected chi connectivity index (χ1v) is 6.71. The fraction of sp³-hybridized carbons (Fsp3) is 0.154. The number of carboxylic acids is 1. The summed E-state index contributed by atoms with van der Waals surface area (Å²) in [6.45, 7) is 2.02. The first-order chi connectivity index (χ1) is 8.58. The Balaban J connectivity index is 2.20. The van der Waals surface area contributed by atoms with Crippen LogP contribution in [0, 0.1) is 0 Å². The minimum absolute atomic E-state index is 0.110. The number of carboxylic acid groups (broad SMARTS) is 1. The number of hydrogen-bond donors (Lipinski definition) is 2. The molecule has 0 saturated heterocycles. The Morgan fingerprint density at radius 2 is 2.22 bits per heavy atom. The fourth-order valence-corrected chi connectivity index (χ4v) is 2.59. The molecule has 5 heteroatoms. The molecule has 1 heterocycles. The second-order valence-corrected chi connectivity index (χ2v) is 5.11. The van der Waals surface area contributed by atoms with Gasteiger partial charge < -0.3 is 10.4 Å². The zero-order chi connectivity index (χ0) is 13.1. The van der Waals surface area contributed by atoms with Gasteiger partial charge in [-0.2, -0.15) is 11.3 Å². The Bertz CT molecular complexity index is 554. The SMILES string of the molecule is CC(Nc1ccc(Cl)c(C(=O)O)c1)c1ccsc1. The maximum absolute atomic E-state index is 11.0. The number of benzene rings is 1. The third-order valence-corrected chi connectivity index (χ3v) is 3.65. The molecule has 0 bridgehead atoms. The Morgan fingerprint density at radius 3 is 2.83 bits per heavy atom. The van der Waals surface area contributed by atoms with Crippen LogP contribution in [0.1, 0.15) is 28.9 Å². The van der Waals surface area contributed by atoms with Crippen LogP contribution in [-0.2, 0) is 0 Å². The lowest BCUT2D eigenvalue weighted by Crippen LogP contribution is -2.07. The number of rotatable bonds is 4. The number of aromatic carboxylic acids is 1. The van der Waals surface area contributed by atoms with Gasteiger partial charge in [0.15, 0.2) is 0 Å². The molecule has 0 radical (unpaired) electrons. The molecule has 1 atom stereocenters. The van der Waals surface area contributed by atoms with Gasteiger partial charge >= 0.3 is 5.97 Å². The molecule has 1 aromatic carbocycles. The standard InChI is InChI=1S/C13H12ClNO2S/c1-8(9-4-5-18-7-9)15-10-2-3-12(14)11(6-10)13(16)17/h2-8,15H,1H3,(H,16,17). The van der Waals surface area contributed by atoms with Gasteiger partial charge in [0.2, 0.25) is 0 Å². The van der Waals surface area contributed by atoms with Crippen LogP contribution in [0.4, 0.5) is 5.69 Å². The molecule has 1 aromatic heterocycles. The summed E-state index contributed by atoms with van der Waals surface area (Å²) in [7, 11) is 0. The zero-order valence-corrected chi connectivity index (χ0v) is 11.3. The molecule has 2 aromatic rings. The molecule has 0 aliphatic heterocycles. The molecule has 94 valence electrons. The van der Waals surface area contributed by atoms with Crippen LogP contribution in [0.2, 0.25) is 5.02 Å². The summed E-state index contributed by atoms with van der Waals surface area (Å²) >= 11 is 7.45. The van der Waals surface area contributed by atoms with Gasteiger partial charge in [-0.25, -0.2) is 4.79 Å². The molecule has 0 aliphatic rings. The molecule has 0 amide bonds. The van der Waals surface area contributed by atoms with Crippen LogP contribution in [-0.4, -0.2) is 11.1 Å². The lowest BCUT2D eigenvalue weighted by Gasteiger charge is -2.14. The Morgan fingerprint density at radius 1 is 1.44 bits per heavy atom. The monoisotopic (exact) mass is 281 g/mol. The molecule has 0 saturated carbocycles. The van der Waals surface area contributed by atoms with E-state index in [1.807, 2.05) is 18.4 Å². The third kappa shape index (κ3) is 2.83. The van der Waals surface area contributed by atoms with Crippen molar-refractivity contribution in [2.75, 3.05) is 5.32 Å². The molecular weight excluding hydrogens is 270 g/mol. The molecule has 0 spiro atoms. The van der Waals surface area contributed by atoms with E-state index in [9.17, 15) is 4.79 Å². The van der Waals surface area contributed by atoms with Gasteiger partial charge in [0.25, 0.3) is 0 Å². The molecule has 0 aliphatic carbocycles. The van der Waals surface area contributed by atoms with E-state index in [1.165, 1.54) is 5.56 Å². The second kappa shape index (κ2) is 5.42. The maximum atomic E-state index is 11.0. The number of hydrogen-bond acceptors (Lipinski definition) is 3. The Labute approximate surface area is 114 Å². The molecular formula is C13H12ClNO2S. The van der Waals surface area contributed by atoms with E-state index in [0.717, 1.165) is 5.69 Å². The van der Waals surface area contributed by atoms with Crippen molar-refractivity contribution in [1.29, 1.82) is 0 Å². The number of anilines is 1. The highest BCUT2D eigenvalue weighted by Crippen LogP contribution is 2.25. The summed E-state index contributed by atoms with van der Waals surface area (Å²) in [6, 6.07) is 7.08. The third-order valence-electron chi connectivity index (χ3n) is 2.62. The van der Waals surface area contributed by atoms with Gasteiger partial charge in [-0.15, -0.1) is 0 Å². The lowest BCUT2D eigenvalue weighted by atomic mass is 10.1. The van der Waals surface area contributed by atoms with Crippen LogP contribution in [0.15, 0.2) is 35.0 Å². The van der Waals surface area contributed by atoms with Gasteiger partial charge in [0, 0.05) is 11.7 Å². The van der Waals surface area contributed by atoms with E-state index in [0.29, 0.717) is 0 Å². The van der Waals surface area contributed by atoms with E-state index in [1.54, 1.807) is 29.5 Å². The van der Waals surface area contributed by atoms with Gasteiger partial charge in [0.1, 0.15) is 0 Å². The lowest BCUT2D eigenvalue weighted by molar-refractivity contribution is 0.0697. The molecule has 3 nitrogen and oxygen atoms in total. The van der Waals surface area contributed by atoms with E-state index in [-0.39, 0.29) is 16.6 Å². The molecule has 1 unspecified atom stereocenters. The Hall–Kier alpha value is -1.52. The van der Waals surface area contributed by atoms with Crippen molar-refractivity contribution < 1.29 is 9.90 Å². The van der Waals surface area contributed by atoms with E-state index in [2.05, 4.69) is 10.7 Å². The molecule has 0 fully saturated rings. The minimum atomic E-state index is -1.02. The van der Waals surface area contributed by atoms with E-state index < -0.39 is 5.97 Å². The summed E-state index contributed by atoms with van der Waals surface area (Å²) < 4.78 is 0. The van der Waals surface area contributed by atoms with Crippen LogP contribution in [0.25, 0.3) is 0 Å². The minimum Gasteiger partial charge on any atom is -0.478 e. The number of carbonyl (C=O) groups is 1. The highest BCUT2D eigenvalue weighted by molar-refractivity contribution is 7.08. The summed E-state index contributed by atoms with van der Waals surface area (Å²) in [5.41, 5.74) is 2.03. The van der Waals surface area contributed by atoms with Crippen molar-refractivity contribution in [3.05, 3.63) is 51.2 Å². The first-order valence-electron chi connectivity index (χ1n) is 5.39. The van der Waals surface area contributed by atoms with Crippen molar-refractivity contribution in [3.63, 3.8) is 0 Å². The van der Waals surface area contributed by atoms with Crippen molar-refractivity contribution >= 4 is 34.6 Å². The van der Waals surface area contributed by atoms with Crippen LogP contribution in [0.3, 0.4) is 0 Å². The van der Waals surface area contributed by atoms with Crippen LogP contribution >= 0.6 is 22.9 Å². The van der Waals surface area contributed by atoms with Crippen LogP contribution in [0.5, 0.6) is 0 Å². The van der Waals surface area contributed by atoms with Crippen LogP contribution < -0.4 is 5.32 Å². The normalized spacial score (nSPS) is 12.1. The quantitative estimate of drug-likeness (QED) is 0.880. The maximum Gasteiger partial charge on any atom is 0.337 e. The van der Waals surface area contributed by atoms with E-state index in [4.69, 9.17) is 16.7 Å². The van der Waals surface area contributed by atoms with Gasteiger partial charge in [-0.3, -0.25) is 0 Å². The Kier molecular flexibility index (Phi) is 3.89. The first kappa shape index (κ1) is 12.9. The predicted molar refractivity (Wildman–Crippen MR) is 74.8 cm³/mol. The zero-order valence-electron chi connectivity index (χ0n) is 9.68. The molecule has 18 heavy (non-hydrogen) atoms. The smallest absolute Gasteiger partial charge is 0.337 e. The van der Waals surface area contributed by atoms with E-state index >= 15 is 0 Å². The van der Waals surface area contributed by atoms with Crippen molar-refractivity contribution in [2.24, 2.45) is 0 Å². The van der Waals surface area contributed by atoms with Crippen molar-refractivity contribution in [3.8, 4) is 0 Å². The average molecular weight is 282 g/mol. The van der Waals surface area contributed by atoms with Gasteiger partial charge in [-0.1, -0.05) is 11.6 Å². The summed E-state index contributed by atoms with van der Waals surface area (Å²) in [5, 5.41) is 16.6. The molecule has 2 rings (SSSR count). The summed E-state index contributed by atoms with van der Waals surface area (Å²) in [4.78, 5) is 11.0. The highest BCUT2D eigenvalue weighted by atomic mass is 35.5. The highest BCUT2D eigenvalue weighted by Gasteiger charge is 2.11. The second-order valence-electron chi connectivity index (χ2n) is 3.92. The largest absolute Gasteiger partial charge is 0.478 e. The van der Waals surface area contributed by atoms with Gasteiger partial charge in [0.05, 0.1) is 10.6 Å². The molecule has 2 N–H and O–H groups in total. The van der Waals surface area contributed by atoms with Crippen molar-refractivity contribution in [2.45, 2.75) is 13.0 Å². The fourth-order valence-electron chi connectivity index (χ4n) is 1.63. The average Bonchev–Trinajstić information content (AvgIpc) is 2.85. The number of halogens is 1. The van der Waals surface area contributed by atoms with Crippen molar-refractivity contribution in [1.82, 2.24) is 0 Å². The topological polar surface area (TPSA) is 49.3 Å².